The molecular weight excluding hydrogens is 560 g/mol. The molecule has 0 aromatic rings. The number of ether oxygens (including phenoxy) is 6. The normalized spacial score (nSPS) is 30.9. The second-order valence-corrected chi connectivity index (χ2v) is 13.6. The van der Waals surface area contributed by atoms with Crippen molar-refractivity contribution in [2.75, 3.05) is 40.1 Å². The van der Waals surface area contributed by atoms with E-state index >= 15 is 0 Å². The summed E-state index contributed by atoms with van der Waals surface area (Å²) in [5, 5.41) is 10.2. The van der Waals surface area contributed by atoms with Crippen molar-refractivity contribution in [2.45, 2.75) is 116 Å². The molecule has 0 amide bonds. The summed E-state index contributed by atoms with van der Waals surface area (Å²) < 4.78 is 35.5. The first-order chi connectivity index (χ1) is 21.4. The predicted octanol–water partition coefficient (Wildman–Crippen LogP) is 6.52. The number of hydrogen-bond acceptors (Lipinski definition) is 8. The number of aliphatic hydroxyl groups excluding tert-OH is 1. The van der Waals surface area contributed by atoms with Gasteiger partial charge in [0, 0.05) is 25.0 Å². The van der Waals surface area contributed by atoms with Gasteiger partial charge in [-0.1, -0.05) is 42.4 Å². The SMILES string of the molecule is COC(=O)COCC(CO)C1=C[C@H]2[C@@H](C1)C[C@@H](OC1CCCCO1)[C@@H]2/C=C/[C@H](CC(C)CCC=C(C)C)OC1CCCCO1. The third kappa shape index (κ3) is 11.1. The predicted molar refractivity (Wildman–Crippen MR) is 170 cm³/mol. The maximum atomic E-state index is 11.5. The zero-order valence-corrected chi connectivity index (χ0v) is 27.6. The molecular formula is C36H58O8. The smallest absolute Gasteiger partial charge is 0.331 e. The Kier molecular flexibility index (Phi) is 14.9. The first-order valence-electron chi connectivity index (χ1n) is 17.2. The highest BCUT2D eigenvalue weighted by atomic mass is 16.7. The van der Waals surface area contributed by atoms with E-state index in [1.807, 2.05) is 0 Å². The maximum absolute atomic E-state index is 11.5. The van der Waals surface area contributed by atoms with Gasteiger partial charge < -0.3 is 33.5 Å². The highest BCUT2D eigenvalue weighted by molar-refractivity contribution is 5.70. The van der Waals surface area contributed by atoms with E-state index in [-0.39, 0.29) is 49.8 Å². The number of carbonyl (C=O) groups is 1. The lowest BCUT2D eigenvalue weighted by Crippen LogP contribution is -2.31. The van der Waals surface area contributed by atoms with Crippen LogP contribution in [0.1, 0.15) is 91.4 Å². The first-order valence-corrected chi connectivity index (χ1v) is 17.2. The molecule has 2 aliphatic carbocycles. The molecule has 1 N–H and O–H groups in total. The molecule has 4 unspecified atom stereocenters. The van der Waals surface area contributed by atoms with Crippen molar-refractivity contribution in [1.29, 1.82) is 0 Å². The fourth-order valence-corrected chi connectivity index (χ4v) is 7.21. The van der Waals surface area contributed by atoms with Gasteiger partial charge in [-0.15, -0.1) is 0 Å². The van der Waals surface area contributed by atoms with Crippen LogP contribution >= 0.6 is 0 Å². The molecule has 0 spiro atoms. The molecule has 1 saturated carbocycles. The minimum absolute atomic E-state index is 0.00920. The zero-order chi connectivity index (χ0) is 31.3. The topological polar surface area (TPSA) is 92.7 Å². The summed E-state index contributed by atoms with van der Waals surface area (Å²) in [5.74, 6) is 0.930. The molecule has 8 heteroatoms. The van der Waals surface area contributed by atoms with Crippen LogP contribution in [-0.2, 0) is 33.2 Å². The van der Waals surface area contributed by atoms with Crippen LogP contribution in [0.3, 0.4) is 0 Å². The number of aliphatic hydroxyl groups is 1. The van der Waals surface area contributed by atoms with Crippen LogP contribution in [-0.4, -0.2) is 76.0 Å². The lowest BCUT2D eigenvalue weighted by Gasteiger charge is -2.30. The van der Waals surface area contributed by atoms with E-state index in [2.05, 4.69) is 45.1 Å². The minimum Gasteiger partial charge on any atom is -0.467 e. The average molecular weight is 619 g/mol. The number of hydrogen-bond donors (Lipinski definition) is 1. The Bertz CT molecular complexity index is 944. The summed E-state index contributed by atoms with van der Waals surface area (Å²) in [6.07, 6.45) is 20.5. The van der Waals surface area contributed by atoms with E-state index in [1.54, 1.807) is 0 Å². The van der Waals surface area contributed by atoms with Crippen molar-refractivity contribution in [3.63, 3.8) is 0 Å². The van der Waals surface area contributed by atoms with Crippen LogP contribution < -0.4 is 0 Å². The number of esters is 1. The van der Waals surface area contributed by atoms with Gasteiger partial charge in [0.25, 0.3) is 0 Å². The van der Waals surface area contributed by atoms with Gasteiger partial charge in [-0.3, -0.25) is 0 Å². The minimum atomic E-state index is -0.407. The molecule has 2 saturated heterocycles. The van der Waals surface area contributed by atoms with Crippen LogP contribution in [0.2, 0.25) is 0 Å². The quantitative estimate of drug-likeness (QED) is 0.146. The van der Waals surface area contributed by atoms with E-state index in [1.165, 1.54) is 18.3 Å². The Labute approximate surface area is 265 Å². The molecule has 4 rings (SSSR count). The average Bonchev–Trinajstić information content (AvgIpc) is 3.56. The summed E-state index contributed by atoms with van der Waals surface area (Å²) in [6, 6.07) is 0. The van der Waals surface area contributed by atoms with Gasteiger partial charge in [0.2, 0.25) is 0 Å². The third-order valence-electron chi connectivity index (χ3n) is 9.69. The molecule has 9 atom stereocenters. The third-order valence-corrected chi connectivity index (χ3v) is 9.69. The molecule has 3 fully saturated rings. The number of methoxy groups -OCH3 is 1. The maximum Gasteiger partial charge on any atom is 0.331 e. The lowest BCUT2D eigenvalue weighted by atomic mass is 9.90. The van der Waals surface area contributed by atoms with E-state index in [9.17, 15) is 9.90 Å². The summed E-state index contributed by atoms with van der Waals surface area (Å²) >= 11 is 0. The first kappa shape index (κ1) is 35.3. The van der Waals surface area contributed by atoms with Gasteiger partial charge in [-0.25, -0.2) is 4.79 Å². The Morgan fingerprint density at radius 2 is 1.86 bits per heavy atom. The van der Waals surface area contributed by atoms with Gasteiger partial charge in [0.15, 0.2) is 12.6 Å². The van der Waals surface area contributed by atoms with Crippen molar-refractivity contribution in [3.8, 4) is 0 Å². The van der Waals surface area contributed by atoms with Gasteiger partial charge in [-0.2, -0.15) is 0 Å². The Morgan fingerprint density at radius 1 is 1.11 bits per heavy atom. The molecule has 0 bridgehead atoms. The number of allylic oxidation sites excluding steroid dienone is 3. The van der Waals surface area contributed by atoms with Crippen LogP contribution in [0.25, 0.3) is 0 Å². The Morgan fingerprint density at radius 3 is 2.52 bits per heavy atom. The Balaban J connectivity index is 1.48. The van der Waals surface area contributed by atoms with Crippen LogP contribution in [0.5, 0.6) is 0 Å². The molecule has 250 valence electrons. The molecule has 2 aliphatic heterocycles. The zero-order valence-electron chi connectivity index (χ0n) is 27.6. The fourth-order valence-electron chi connectivity index (χ4n) is 7.21. The monoisotopic (exact) mass is 618 g/mol. The van der Waals surface area contributed by atoms with Gasteiger partial charge in [-0.05, 0) is 102 Å². The van der Waals surface area contributed by atoms with Crippen LogP contribution in [0, 0.1) is 29.6 Å². The van der Waals surface area contributed by atoms with Crippen LogP contribution in [0.15, 0.2) is 35.5 Å². The second-order valence-electron chi connectivity index (χ2n) is 13.6. The summed E-state index contributed by atoms with van der Waals surface area (Å²) in [6.45, 7) is 8.36. The highest BCUT2D eigenvalue weighted by Crippen LogP contribution is 2.50. The van der Waals surface area contributed by atoms with Crippen molar-refractivity contribution >= 4 is 5.97 Å². The standard InChI is InChI=1S/C36H58O8/c1-25(2)10-9-11-26(3)18-30(43-35-12-5-7-16-41-35)14-15-31-32-20-27(29(22-37)23-40-24-34(38)39-4)19-28(32)21-33(31)44-36-13-6-8-17-42-36/h10,14-15,20,26,28-33,35-37H,5-9,11-13,16-19,21-24H2,1-4H3/b15-14+/t26?,28-,29?,30+,31+,32-,33+,35?,36?/m0/s1. The van der Waals surface area contributed by atoms with E-state index in [0.717, 1.165) is 83.8 Å². The van der Waals surface area contributed by atoms with Crippen molar-refractivity contribution in [2.24, 2.45) is 29.6 Å². The van der Waals surface area contributed by atoms with E-state index in [4.69, 9.17) is 28.4 Å². The molecule has 8 nitrogen and oxygen atoms in total. The number of rotatable bonds is 17. The molecule has 2 heterocycles. The fraction of sp³-hybridized carbons (Fsp3) is 0.806. The molecule has 0 aromatic heterocycles. The molecule has 0 aromatic carbocycles. The molecule has 4 aliphatic rings. The van der Waals surface area contributed by atoms with Crippen LogP contribution in [0.4, 0.5) is 0 Å². The van der Waals surface area contributed by atoms with Gasteiger partial charge in [0.05, 0.1) is 32.5 Å². The van der Waals surface area contributed by atoms with Crippen molar-refractivity contribution < 1.29 is 38.3 Å². The van der Waals surface area contributed by atoms with Crippen molar-refractivity contribution in [1.82, 2.24) is 0 Å². The van der Waals surface area contributed by atoms with Gasteiger partial charge in [0.1, 0.15) is 6.61 Å². The summed E-state index contributed by atoms with van der Waals surface area (Å²) in [7, 11) is 1.35. The van der Waals surface area contributed by atoms with E-state index < -0.39 is 5.97 Å². The molecule has 0 radical (unpaired) electrons. The highest BCUT2D eigenvalue weighted by Gasteiger charge is 2.46. The molecule has 44 heavy (non-hydrogen) atoms. The number of fused-ring (bicyclic) bond motifs is 1. The van der Waals surface area contributed by atoms with E-state index in [0.29, 0.717) is 24.4 Å². The summed E-state index contributed by atoms with van der Waals surface area (Å²) in [4.78, 5) is 11.5. The van der Waals surface area contributed by atoms with Gasteiger partial charge >= 0.3 is 5.97 Å². The number of carbonyl (C=O) groups excluding carboxylic acids is 1. The second kappa shape index (κ2) is 18.6. The lowest BCUT2D eigenvalue weighted by molar-refractivity contribution is -0.192. The summed E-state index contributed by atoms with van der Waals surface area (Å²) in [5.41, 5.74) is 2.58. The Hall–Kier alpha value is -1.55. The largest absolute Gasteiger partial charge is 0.467 e. The van der Waals surface area contributed by atoms with Crippen molar-refractivity contribution in [3.05, 3.63) is 35.5 Å².